The monoisotopic (exact) mass is 277 g/mol. The van der Waals surface area contributed by atoms with Crippen molar-refractivity contribution in [3.05, 3.63) is 28.3 Å². The van der Waals surface area contributed by atoms with Crippen molar-refractivity contribution >= 4 is 33.5 Å². The number of carboxylic acid groups (broad SMARTS) is 1. The minimum atomic E-state index is -1.25. The maximum Gasteiger partial charge on any atom is 0.138 e. The summed E-state index contributed by atoms with van der Waals surface area (Å²) in [5.41, 5.74) is 0.714. The minimum absolute atomic E-state index is 0.0562. The van der Waals surface area contributed by atoms with Crippen LogP contribution in [-0.2, 0) is 5.33 Å². The lowest BCUT2D eigenvalue weighted by atomic mass is 10.1. The number of rotatable bonds is 3. The van der Waals surface area contributed by atoms with E-state index in [1.165, 1.54) is 19.2 Å². The predicted molar refractivity (Wildman–Crippen MR) is 55.0 cm³/mol. The van der Waals surface area contributed by atoms with Crippen molar-refractivity contribution in [3.63, 3.8) is 0 Å². The number of hydrogen-bond acceptors (Lipinski definition) is 3. The number of benzene rings is 1. The van der Waals surface area contributed by atoms with Gasteiger partial charge in [-0.3, -0.25) is 0 Å². The van der Waals surface area contributed by atoms with Crippen LogP contribution in [0.25, 0.3) is 0 Å². The average Bonchev–Trinajstić information content (AvgIpc) is 2.17. The summed E-state index contributed by atoms with van der Waals surface area (Å²) in [6, 6.07) is 2.79. The number of carbonyl (C=O) groups excluding carboxylic acids is 1. The number of hydrogen-bond donors (Lipinski definition) is 0. The van der Waals surface area contributed by atoms with Gasteiger partial charge in [-0.1, -0.05) is 27.5 Å². The van der Waals surface area contributed by atoms with Crippen LogP contribution in [0.4, 0.5) is 0 Å². The summed E-state index contributed by atoms with van der Waals surface area (Å²) < 4.78 is 4.93. The van der Waals surface area contributed by atoms with Crippen LogP contribution >= 0.6 is 27.5 Å². The Morgan fingerprint density at radius 1 is 1.64 bits per heavy atom. The summed E-state index contributed by atoms with van der Waals surface area (Å²) in [7, 11) is 1.43. The largest absolute Gasteiger partial charge is 0.545 e. The molecule has 0 aliphatic rings. The molecular formula is C9H7BrClO3-. The van der Waals surface area contributed by atoms with Gasteiger partial charge in [-0.25, -0.2) is 0 Å². The fourth-order valence-electron chi connectivity index (χ4n) is 1.02. The van der Waals surface area contributed by atoms with Gasteiger partial charge in [0.25, 0.3) is 0 Å². The minimum Gasteiger partial charge on any atom is -0.545 e. The van der Waals surface area contributed by atoms with Crippen LogP contribution in [0, 0.1) is 0 Å². The van der Waals surface area contributed by atoms with E-state index in [0.717, 1.165) is 0 Å². The second kappa shape index (κ2) is 4.66. The van der Waals surface area contributed by atoms with E-state index in [4.69, 9.17) is 16.3 Å². The van der Waals surface area contributed by atoms with Crippen LogP contribution in [0.3, 0.4) is 0 Å². The topological polar surface area (TPSA) is 49.4 Å². The first-order valence-corrected chi connectivity index (χ1v) is 5.23. The van der Waals surface area contributed by atoms with Crippen LogP contribution in [0.2, 0.25) is 5.02 Å². The molecule has 5 heteroatoms. The molecule has 0 aliphatic carbocycles. The molecular weight excluding hydrogens is 271 g/mol. The number of halogens is 2. The van der Waals surface area contributed by atoms with Crippen LogP contribution in [0.15, 0.2) is 12.1 Å². The molecule has 0 amide bonds. The molecule has 0 aliphatic heterocycles. The summed E-state index contributed by atoms with van der Waals surface area (Å²) in [4.78, 5) is 10.6. The SMILES string of the molecule is COc1cc(C(=O)[O-])cc(CBr)c1Cl. The number of carboxylic acids is 1. The molecule has 0 bridgehead atoms. The summed E-state index contributed by atoms with van der Waals surface area (Å²) in [6.07, 6.45) is 0. The Bertz CT molecular complexity index is 340. The van der Waals surface area contributed by atoms with Crippen molar-refractivity contribution < 1.29 is 14.6 Å². The van der Waals surface area contributed by atoms with E-state index in [1.54, 1.807) is 0 Å². The van der Waals surface area contributed by atoms with E-state index >= 15 is 0 Å². The van der Waals surface area contributed by atoms with Crippen molar-refractivity contribution in [3.8, 4) is 5.75 Å². The molecule has 1 aromatic rings. The Morgan fingerprint density at radius 2 is 2.29 bits per heavy atom. The van der Waals surface area contributed by atoms with E-state index in [1.807, 2.05) is 0 Å². The quantitative estimate of drug-likeness (QED) is 0.789. The molecule has 0 heterocycles. The standard InChI is InChI=1S/C9H8BrClO3/c1-14-7-3-5(9(12)13)2-6(4-10)8(7)11/h2-3H,4H2,1H3,(H,12,13)/p-1. The van der Waals surface area contributed by atoms with Crippen LogP contribution in [0.1, 0.15) is 15.9 Å². The lowest BCUT2D eigenvalue weighted by Crippen LogP contribution is -2.22. The molecule has 0 spiro atoms. The highest BCUT2D eigenvalue weighted by atomic mass is 79.9. The van der Waals surface area contributed by atoms with Gasteiger partial charge in [-0.2, -0.15) is 0 Å². The van der Waals surface area contributed by atoms with Crippen molar-refractivity contribution in [2.24, 2.45) is 0 Å². The van der Waals surface area contributed by atoms with Gasteiger partial charge < -0.3 is 14.6 Å². The second-order valence-corrected chi connectivity index (χ2v) is 3.51. The fourth-order valence-corrected chi connectivity index (χ4v) is 1.88. The van der Waals surface area contributed by atoms with Gasteiger partial charge in [0, 0.05) is 10.9 Å². The van der Waals surface area contributed by atoms with Crippen LogP contribution < -0.4 is 9.84 Å². The highest BCUT2D eigenvalue weighted by Gasteiger charge is 2.09. The average molecular weight is 279 g/mol. The smallest absolute Gasteiger partial charge is 0.138 e. The number of aromatic carboxylic acids is 1. The van der Waals surface area contributed by atoms with Gasteiger partial charge in [0.05, 0.1) is 18.1 Å². The third kappa shape index (κ3) is 2.19. The molecule has 0 aromatic heterocycles. The van der Waals surface area contributed by atoms with Crippen molar-refractivity contribution in [2.75, 3.05) is 7.11 Å². The Balaban J connectivity index is 3.32. The number of methoxy groups -OCH3 is 1. The maximum absolute atomic E-state index is 10.6. The van der Waals surface area contributed by atoms with Gasteiger partial charge in [0.15, 0.2) is 0 Å². The fraction of sp³-hybridized carbons (Fsp3) is 0.222. The molecule has 0 saturated heterocycles. The number of carbonyl (C=O) groups is 1. The first-order chi connectivity index (χ1) is 6.60. The Kier molecular flexibility index (Phi) is 3.77. The molecule has 76 valence electrons. The van der Waals surface area contributed by atoms with E-state index in [2.05, 4.69) is 15.9 Å². The molecule has 1 rings (SSSR count). The van der Waals surface area contributed by atoms with Gasteiger partial charge >= 0.3 is 0 Å². The molecule has 0 radical (unpaired) electrons. The molecule has 0 unspecified atom stereocenters. The van der Waals surface area contributed by atoms with Gasteiger partial charge in [0.2, 0.25) is 0 Å². The summed E-state index contributed by atoms with van der Waals surface area (Å²) in [5, 5.41) is 11.5. The molecule has 3 nitrogen and oxygen atoms in total. The van der Waals surface area contributed by atoms with Crippen molar-refractivity contribution in [1.82, 2.24) is 0 Å². The summed E-state index contributed by atoms with van der Waals surface area (Å²) in [6.45, 7) is 0. The van der Waals surface area contributed by atoms with E-state index in [-0.39, 0.29) is 5.56 Å². The highest BCUT2D eigenvalue weighted by molar-refractivity contribution is 9.08. The Hall–Kier alpha value is -0.740. The maximum atomic E-state index is 10.6. The Labute approximate surface area is 94.8 Å². The molecule has 0 fully saturated rings. The molecule has 0 saturated carbocycles. The third-order valence-corrected chi connectivity index (χ3v) is 2.75. The predicted octanol–water partition coefficient (Wildman–Crippen LogP) is 1.61. The lowest BCUT2D eigenvalue weighted by Gasteiger charge is -2.10. The Morgan fingerprint density at radius 3 is 2.71 bits per heavy atom. The summed E-state index contributed by atoms with van der Waals surface area (Å²) >= 11 is 9.12. The zero-order valence-corrected chi connectivity index (χ0v) is 9.68. The van der Waals surface area contributed by atoms with Crippen molar-refractivity contribution in [1.29, 1.82) is 0 Å². The van der Waals surface area contributed by atoms with E-state index < -0.39 is 5.97 Å². The molecule has 0 atom stereocenters. The molecule has 0 N–H and O–H groups in total. The van der Waals surface area contributed by atoms with Crippen LogP contribution in [0.5, 0.6) is 5.75 Å². The summed E-state index contributed by atoms with van der Waals surface area (Å²) in [5.74, 6) is -0.912. The van der Waals surface area contributed by atoms with E-state index in [0.29, 0.717) is 21.7 Å². The molecule has 1 aromatic carbocycles. The van der Waals surface area contributed by atoms with Gasteiger partial charge in [0.1, 0.15) is 5.75 Å². The zero-order valence-electron chi connectivity index (χ0n) is 7.34. The molecule has 14 heavy (non-hydrogen) atoms. The first-order valence-electron chi connectivity index (χ1n) is 3.74. The first kappa shape index (κ1) is 11.3. The van der Waals surface area contributed by atoms with Crippen molar-refractivity contribution in [2.45, 2.75) is 5.33 Å². The van der Waals surface area contributed by atoms with Gasteiger partial charge in [-0.15, -0.1) is 0 Å². The highest BCUT2D eigenvalue weighted by Crippen LogP contribution is 2.30. The number of ether oxygens (including phenoxy) is 1. The zero-order chi connectivity index (χ0) is 10.7. The third-order valence-electron chi connectivity index (χ3n) is 1.71. The lowest BCUT2D eigenvalue weighted by molar-refractivity contribution is -0.255. The van der Waals surface area contributed by atoms with Crippen LogP contribution in [-0.4, -0.2) is 13.1 Å². The second-order valence-electron chi connectivity index (χ2n) is 2.57. The van der Waals surface area contributed by atoms with E-state index in [9.17, 15) is 9.90 Å². The number of alkyl halides is 1. The van der Waals surface area contributed by atoms with Gasteiger partial charge in [-0.05, 0) is 17.7 Å². The normalized spacial score (nSPS) is 9.93.